The largest absolute Gasteiger partial charge is 0.342 e. The monoisotopic (exact) mass is 456 g/mol. The highest BCUT2D eigenvalue weighted by Crippen LogP contribution is 2.29. The molecule has 34 heavy (non-hydrogen) atoms. The zero-order valence-electron chi connectivity index (χ0n) is 19.6. The van der Waals surface area contributed by atoms with Crippen molar-refractivity contribution < 1.29 is 9.18 Å². The molecule has 1 amide bonds. The maximum absolute atomic E-state index is 13.4. The minimum Gasteiger partial charge on any atom is -0.342 e. The highest BCUT2D eigenvalue weighted by molar-refractivity contribution is 5.93. The zero-order chi connectivity index (χ0) is 23.7. The predicted molar refractivity (Wildman–Crippen MR) is 135 cm³/mol. The van der Waals surface area contributed by atoms with Gasteiger partial charge in [-0.15, -0.1) is 0 Å². The van der Waals surface area contributed by atoms with Crippen LogP contribution in [0.4, 0.5) is 16.0 Å². The number of nitrogens with zero attached hydrogens (tertiary/aromatic N) is 3. The number of para-hydroxylation sites is 2. The molecule has 0 radical (unpaired) electrons. The summed E-state index contributed by atoms with van der Waals surface area (Å²) >= 11 is 0. The number of carbonyl (C=O) groups excluding carboxylic acids is 1. The smallest absolute Gasteiger partial charge is 0.227 e. The van der Waals surface area contributed by atoms with Gasteiger partial charge in [-0.05, 0) is 73.7 Å². The molecule has 1 aromatic heterocycles. The first kappa shape index (κ1) is 22.1. The van der Waals surface area contributed by atoms with E-state index in [0.717, 1.165) is 65.3 Å². The van der Waals surface area contributed by atoms with Crippen molar-refractivity contribution in [3.63, 3.8) is 0 Å². The van der Waals surface area contributed by atoms with Crippen molar-refractivity contribution in [3.8, 4) is 0 Å². The zero-order valence-corrected chi connectivity index (χ0v) is 19.6. The first-order valence-electron chi connectivity index (χ1n) is 11.8. The van der Waals surface area contributed by atoms with Gasteiger partial charge in [-0.1, -0.05) is 36.4 Å². The van der Waals surface area contributed by atoms with Gasteiger partial charge in [-0.25, -0.2) is 9.37 Å². The van der Waals surface area contributed by atoms with E-state index in [2.05, 4.69) is 26.9 Å². The summed E-state index contributed by atoms with van der Waals surface area (Å²) in [5.41, 5.74) is 6.12. The molecule has 1 saturated heterocycles. The van der Waals surface area contributed by atoms with Crippen LogP contribution in [0.15, 0.2) is 66.7 Å². The number of carbonyl (C=O) groups is 1. The molecule has 0 aliphatic carbocycles. The Balaban J connectivity index is 1.33. The highest BCUT2D eigenvalue weighted by Gasteiger charge is 2.28. The summed E-state index contributed by atoms with van der Waals surface area (Å²) in [7, 11) is 0. The summed E-state index contributed by atoms with van der Waals surface area (Å²) in [6.07, 6.45) is 1.55. The average Bonchev–Trinajstić information content (AvgIpc) is 3.21. The lowest BCUT2D eigenvalue weighted by Gasteiger charge is -2.32. The molecule has 2 heterocycles. The van der Waals surface area contributed by atoms with E-state index in [4.69, 9.17) is 4.98 Å². The van der Waals surface area contributed by atoms with Gasteiger partial charge in [0.2, 0.25) is 11.9 Å². The Hall–Kier alpha value is -3.67. The van der Waals surface area contributed by atoms with E-state index < -0.39 is 0 Å². The molecular formula is C28H29FN4O. The molecular weight excluding hydrogens is 427 g/mol. The summed E-state index contributed by atoms with van der Waals surface area (Å²) in [6.45, 7) is 6.19. The van der Waals surface area contributed by atoms with Gasteiger partial charge in [0.05, 0.1) is 17.6 Å². The second-order valence-electron chi connectivity index (χ2n) is 9.18. The molecule has 0 unspecified atom stereocenters. The van der Waals surface area contributed by atoms with Crippen molar-refractivity contribution in [2.75, 3.05) is 23.3 Å². The van der Waals surface area contributed by atoms with E-state index in [1.54, 1.807) is 0 Å². The van der Waals surface area contributed by atoms with Gasteiger partial charge in [-0.3, -0.25) is 4.79 Å². The quantitative estimate of drug-likeness (QED) is 0.419. The number of halogens is 1. The molecule has 1 fully saturated rings. The standard InChI is InChI=1S/C28H29FN4O/c1-19-7-8-20(2)25(17-19)30-27(34)22-13-15-32(16-14-22)28-31-24-5-3-4-6-26(24)33(28)18-21-9-11-23(29)12-10-21/h3-12,17,22H,13-16,18H2,1-2H3,(H,30,34). The van der Waals surface area contributed by atoms with E-state index >= 15 is 0 Å². The van der Waals surface area contributed by atoms with E-state index in [1.807, 2.05) is 56.3 Å². The van der Waals surface area contributed by atoms with Crippen LogP contribution in [0, 0.1) is 25.6 Å². The van der Waals surface area contributed by atoms with Gasteiger partial charge in [-0.2, -0.15) is 0 Å². The topological polar surface area (TPSA) is 50.2 Å². The number of nitrogens with one attached hydrogen (secondary N) is 1. The van der Waals surface area contributed by atoms with Crippen LogP contribution in [0.3, 0.4) is 0 Å². The maximum Gasteiger partial charge on any atom is 0.227 e. The molecule has 4 aromatic rings. The maximum atomic E-state index is 13.4. The Morgan fingerprint density at radius 3 is 2.53 bits per heavy atom. The van der Waals surface area contributed by atoms with Gasteiger partial charge in [0.1, 0.15) is 5.82 Å². The lowest BCUT2D eigenvalue weighted by Crippen LogP contribution is -2.39. The normalized spacial score (nSPS) is 14.5. The lowest BCUT2D eigenvalue weighted by molar-refractivity contribution is -0.120. The van der Waals surface area contributed by atoms with E-state index in [-0.39, 0.29) is 17.6 Å². The number of piperidine rings is 1. The van der Waals surface area contributed by atoms with Gasteiger partial charge >= 0.3 is 0 Å². The predicted octanol–water partition coefficient (Wildman–Crippen LogP) is 5.70. The molecule has 0 atom stereocenters. The number of benzene rings is 3. The van der Waals surface area contributed by atoms with Crippen LogP contribution < -0.4 is 10.2 Å². The highest BCUT2D eigenvalue weighted by atomic mass is 19.1. The summed E-state index contributed by atoms with van der Waals surface area (Å²) in [5.74, 6) is 0.735. The average molecular weight is 457 g/mol. The van der Waals surface area contributed by atoms with Gasteiger partial charge in [0.15, 0.2) is 0 Å². The Morgan fingerprint density at radius 2 is 1.76 bits per heavy atom. The van der Waals surface area contributed by atoms with Crippen LogP contribution in [0.2, 0.25) is 0 Å². The fourth-order valence-corrected chi connectivity index (χ4v) is 4.68. The number of rotatable bonds is 5. The van der Waals surface area contributed by atoms with Crippen LogP contribution in [0.1, 0.15) is 29.5 Å². The minimum absolute atomic E-state index is 0.0221. The third kappa shape index (κ3) is 4.53. The SMILES string of the molecule is Cc1ccc(C)c(NC(=O)C2CCN(c3nc4ccccc4n3Cc3ccc(F)cc3)CC2)c1. The first-order chi connectivity index (χ1) is 16.5. The van der Waals surface area contributed by atoms with Gasteiger partial charge in [0.25, 0.3) is 0 Å². The minimum atomic E-state index is -0.235. The van der Waals surface area contributed by atoms with Crippen molar-refractivity contribution in [3.05, 3.63) is 89.2 Å². The molecule has 1 aliphatic heterocycles. The fraction of sp³-hybridized carbons (Fsp3) is 0.286. The number of amides is 1. The van der Waals surface area contributed by atoms with Gasteiger partial charge < -0.3 is 14.8 Å². The summed E-state index contributed by atoms with van der Waals surface area (Å²) in [5, 5.41) is 3.14. The van der Waals surface area contributed by atoms with Crippen molar-refractivity contribution in [2.45, 2.75) is 33.2 Å². The number of anilines is 2. The number of aryl methyl sites for hydroxylation is 2. The van der Waals surface area contributed by atoms with Crippen molar-refractivity contribution in [2.24, 2.45) is 5.92 Å². The molecule has 5 rings (SSSR count). The van der Waals surface area contributed by atoms with Crippen molar-refractivity contribution >= 4 is 28.6 Å². The molecule has 1 aliphatic rings. The molecule has 1 N–H and O–H groups in total. The Labute approximate surface area is 199 Å². The summed E-state index contributed by atoms with van der Waals surface area (Å²) in [4.78, 5) is 20.2. The summed E-state index contributed by atoms with van der Waals surface area (Å²) in [6, 6.07) is 20.8. The Kier molecular flexibility index (Phi) is 6.05. The van der Waals surface area contributed by atoms with Crippen LogP contribution in [-0.2, 0) is 11.3 Å². The van der Waals surface area contributed by atoms with Crippen LogP contribution in [-0.4, -0.2) is 28.5 Å². The molecule has 0 spiro atoms. The second-order valence-corrected chi connectivity index (χ2v) is 9.18. The number of fused-ring (bicyclic) bond motifs is 1. The molecule has 5 nitrogen and oxygen atoms in total. The van der Waals surface area contributed by atoms with E-state index in [1.165, 1.54) is 12.1 Å². The lowest BCUT2D eigenvalue weighted by atomic mass is 9.95. The fourth-order valence-electron chi connectivity index (χ4n) is 4.68. The molecule has 0 bridgehead atoms. The molecule has 0 saturated carbocycles. The summed E-state index contributed by atoms with van der Waals surface area (Å²) < 4.78 is 15.6. The third-order valence-electron chi connectivity index (χ3n) is 6.69. The van der Waals surface area contributed by atoms with Crippen LogP contribution in [0.5, 0.6) is 0 Å². The second kappa shape index (κ2) is 9.29. The number of aromatic nitrogens is 2. The van der Waals surface area contributed by atoms with Crippen molar-refractivity contribution in [1.82, 2.24) is 9.55 Å². The Bertz CT molecular complexity index is 1320. The number of imidazole rings is 1. The van der Waals surface area contributed by atoms with E-state index in [0.29, 0.717) is 6.54 Å². The third-order valence-corrected chi connectivity index (χ3v) is 6.69. The molecule has 3 aromatic carbocycles. The van der Waals surface area contributed by atoms with Crippen LogP contribution in [0.25, 0.3) is 11.0 Å². The van der Waals surface area contributed by atoms with Crippen LogP contribution >= 0.6 is 0 Å². The first-order valence-corrected chi connectivity index (χ1v) is 11.8. The number of hydrogen-bond donors (Lipinski definition) is 1. The Morgan fingerprint density at radius 1 is 1.03 bits per heavy atom. The molecule has 174 valence electrons. The number of hydrogen-bond acceptors (Lipinski definition) is 3. The van der Waals surface area contributed by atoms with Crippen molar-refractivity contribution in [1.29, 1.82) is 0 Å². The molecule has 6 heteroatoms. The van der Waals surface area contributed by atoms with E-state index in [9.17, 15) is 9.18 Å². The van der Waals surface area contributed by atoms with Gasteiger partial charge in [0, 0.05) is 24.7 Å².